The zero-order valence-electron chi connectivity index (χ0n) is 16.2. The molecule has 0 bridgehead atoms. The molecule has 1 amide bonds. The van der Waals surface area contributed by atoms with Crippen molar-refractivity contribution in [3.63, 3.8) is 0 Å². The van der Waals surface area contributed by atoms with E-state index in [0.717, 1.165) is 11.3 Å². The summed E-state index contributed by atoms with van der Waals surface area (Å²) >= 11 is 12.0. The number of nitrogens with one attached hydrogen (secondary N) is 1. The maximum atomic E-state index is 12.9. The second-order valence-electron chi connectivity index (χ2n) is 6.72. The minimum Gasteiger partial charge on any atom is -0.457 e. The number of carbonyl (C=O) groups excluding carboxylic acids is 1. The highest BCUT2D eigenvalue weighted by Gasteiger charge is 2.18. The number of nitrogens with zero attached hydrogens (tertiary/aromatic N) is 2. The lowest BCUT2D eigenvalue weighted by Crippen LogP contribution is -2.25. The third kappa shape index (κ3) is 4.42. The van der Waals surface area contributed by atoms with Gasteiger partial charge in [0.2, 0.25) is 0 Å². The van der Waals surface area contributed by atoms with Gasteiger partial charge in [-0.2, -0.15) is 0 Å². The van der Waals surface area contributed by atoms with Crippen molar-refractivity contribution in [2.24, 2.45) is 0 Å². The number of pyridine rings is 1. The van der Waals surface area contributed by atoms with Crippen LogP contribution in [-0.4, -0.2) is 15.3 Å². The van der Waals surface area contributed by atoms with Gasteiger partial charge in [-0.05, 0) is 60.5 Å². The zero-order chi connectivity index (χ0) is 21.1. The van der Waals surface area contributed by atoms with Crippen LogP contribution in [0.5, 0.6) is 11.5 Å². The van der Waals surface area contributed by atoms with Crippen molar-refractivity contribution in [3.8, 4) is 11.5 Å². The smallest absolute Gasteiger partial charge is 0.270 e. The third-order valence-corrected chi connectivity index (χ3v) is 5.11. The maximum absolute atomic E-state index is 12.9. The second-order valence-corrected chi connectivity index (χ2v) is 7.59. The minimum atomic E-state index is -0.192. The number of aromatic nitrogens is 2. The van der Waals surface area contributed by atoms with Gasteiger partial charge < -0.3 is 10.1 Å². The van der Waals surface area contributed by atoms with Crippen molar-refractivity contribution in [2.45, 2.75) is 19.9 Å². The summed E-state index contributed by atoms with van der Waals surface area (Å²) in [6, 6.07) is 18.3. The van der Waals surface area contributed by atoms with Crippen molar-refractivity contribution in [1.29, 1.82) is 0 Å². The van der Waals surface area contributed by atoms with Crippen LogP contribution in [0.1, 0.15) is 28.7 Å². The summed E-state index contributed by atoms with van der Waals surface area (Å²) in [5.41, 5.74) is 2.90. The number of ether oxygens (including phenoxy) is 1. The second kappa shape index (κ2) is 8.78. The summed E-state index contributed by atoms with van der Waals surface area (Å²) in [4.78, 5) is 17.4. The van der Waals surface area contributed by atoms with E-state index in [1.54, 1.807) is 34.9 Å². The van der Waals surface area contributed by atoms with Crippen LogP contribution < -0.4 is 10.1 Å². The number of hydrogen-bond acceptors (Lipinski definition) is 3. The Bertz CT molecular complexity index is 1190. The normalized spacial score (nSPS) is 10.9. The zero-order valence-corrected chi connectivity index (χ0v) is 17.7. The van der Waals surface area contributed by atoms with E-state index in [4.69, 9.17) is 27.9 Å². The molecule has 4 rings (SSSR count). The van der Waals surface area contributed by atoms with Crippen LogP contribution in [0.3, 0.4) is 0 Å². The number of halogens is 2. The molecular formula is C23H19Cl2N3O2. The molecule has 0 saturated carbocycles. The maximum Gasteiger partial charge on any atom is 0.270 e. The molecule has 2 heterocycles. The van der Waals surface area contributed by atoms with Gasteiger partial charge in [0, 0.05) is 17.8 Å². The molecule has 30 heavy (non-hydrogen) atoms. The molecule has 0 unspecified atom stereocenters. The van der Waals surface area contributed by atoms with E-state index in [2.05, 4.69) is 10.3 Å². The SMILES string of the molecule is CCc1nc2ccc(Cl)cn2c1C(=O)NCc1ccc(Oc2ccc(Cl)cc2)cc1. The van der Waals surface area contributed by atoms with E-state index >= 15 is 0 Å². The fraction of sp³-hybridized carbons (Fsp3) is 0.130. The van der Waals surface area contributed by atoms with E-state index in [-0.39, 0.29) is 5.91 Å². The van der Waals surface area contributed by atoms with Gasteiger partial charge in [-0.15, -0.1) is 0 Å². The highest BCUT2D eigenvalue weighted by Crippen LogP contribution is 2.23. The Balaban J connectivity index is 1.44. The number of imidazole rings is 1. The van der Waals surface area contributed by atoms with Crippen molar-refractivity contribution in [2.75, 3.05) is 0 Å². The number of fused-ring (bicyclic) bond motifs is 1. The molecule has 0 aliphatic carbocycles. The molecule has 0 saturated heterocycles. The van der Waals surface area contributed by atoms with E-state index in [1.165, 1.54) is 0 Å². The van der Waals surface area contributed by atoms with Crippen molar-refractivity contribution < 1.29 is 9.53 Å². The average Bonchev–Trinajstić information content (AvgIpc) is 3.12. The van der Waals surface area contributed by atoms with E-state index in [0.29, 0.717) is 45.9 Å². The molecule has 2 aromatic carbocycles. The lowest BCUT2D eigenvalue weighted by atomic mass is 10.2. The van der Waals surface area contributed by atoms with Crippen LogP contribution in [0.4, 0.5) is 0 Å². The Hall–Kier alpha value is -3.02. The molecule has 5 nitrogen and oxygen atoms in total. The fourth-order valence-electron chi connectivity index (χ4n) is 3.13. The van der Waals surface area contributed by atoms with E-state index < -0.39 is 0 Å². The van der Waals surface area contributed by atoms with Crippen molar-refractivity contribution >= 4 is 34.8 Å². The van der Waals surface area contributed by atoms with Gasteiger partial charge in [-0.1, -0.05) is 42.3 Å². The molecule has 0 radical (unpaired) electrons. The van der Waals surface area contributed by atoms with Gasteiger partial charge in [0.15, 0.2) is 0 Å². The van der Waals surface area contributed by atoms with Gasteiger partial charge >= 0.3 is 0 Å². The largest absolute Gasteiger partial charge is 0.457 e. The van der Waals surface area contributed by atoms with Crippen LogP contribution >= 0.6 is 23.2 Å². The predicted octanol–water partition coefficient (Wildman–Crippen LogP) is 5.93. The fourth-order valence-corrected chi connectivity index (χ4v) is 3.42. The first-order valence-electron chi connectivity index (χ1n) is 9.50. The summed E-state index contributed by atoms with van der Waals surface area (Å²) in [5, 5.41) is 4.17. The number of amides is 1. The molecule has 0 atom stereocenters. The summed E-state index contributed by atoms with van der Waals surface area (Å²) in [5.74, 6) is 1.22. The molecular weight excluding hydrogens is 421 g/mol. The molecule has 152 valence electrons. The third-order valence-electron chi connectivity index (χ3n) is 4.63. The first-order chi connectivity index (χ1) is 14.5. The monoisotopic (exact) mass is 439 g/mol. The molecule has 1 N–H and O–H groups in total. The number of hydrogen-bond donors (Lipinski definition) is 1. The first-order valence-corrected chi connectivity index (χ1v) is 10.3. The Morgan fingerprint density at radius 1 is 0.967 bits per heavy atom. The molecule has 0 spiro atoms. The van der Waals surface area contributed by atoms with E-state index in [1.807, 2.05) is 43.3 Å². The van der Waals surface area contributed by atoms with Crippen LogP contribution in [-0.2, 0) is 13.0 Å². The van der Waals surface area contributed by atoms with Crippen LogP contribution in [0.2, 0.25) is 10.0 Å². The quantitative estimate of drug-likeness (QED) is 0.405. The van der Waals surface area contributed by atoms with Crippen LogP contribution in [0, 0.1) is 0 Å². The Morgan fingerprint density at radius 2 is 1.60 bits per heavy atom. The van der Waals surface area contributed by atoms with Gasteiger partial charge in [0.25, 0.3) is 5.91 Å². The number of carbonyl (C=O) groups is 1. The molecule has 4 aromatic rings. The average molecular weight is 440 g/mol. The van der Waals surface area contributed by atoms with Gasteiger partial charge in [-0.25, -0.2) is 4.98 Å². The van der Waals surface area contributed by atoms with Gasteiger partial charge in [0.1, 0.15) is 22.8 Å². The summed E-state index contributed by atoms with van der Waals surface area (Å²) < 4.78 is 7.53. The van der Waals surface area contributed by atoms with Crippen molar-refractivity contribution in [3.05, 3.63) is 93.9 Å². The van der Waals surface area contributed by atoms with Crippen molar-refractivity contribution in [1.82, 2.24) is 14.7 Å². The number of aryl methyl sites for hydroxylation is 1. The summed E-state index contributed by atoms with van der Waals surface area (Å²) in [7, 11) is 0. The van der Waals surface area contributed by atoms with E-state index in [9.17, 15) is 4.79 Å². The molecule has 0 aliphatic rings. The highest BCUT2D eigenvalue weighted by atomic mass is 35.5. The number of benzene rings is 2. The molecule has 0 aliphatic heterocycles. The standard InChI is InChI=1S/C23H19Cl2N3O2/c1-2-20-22(28-14-17(25)7-12-21(28)27-20)23(29)26-13-15-3-8-18(9-4-15)30-19-10-5-16(24)6-11-19/h3-12,14H,2,13H2,1H3,(H,26,29). The Morgan fingerprint density at radius 3 is 2.27 bits per heavy atom. The molecule has 2 aromatic heterocycles. The Labute approximate surface area is 184 Å². The Kier molecular flexibility index (Phi) is 5.93. The lowest BCUT2D eigenvalue weighted by molar-refractivity contribution is 0.0944. The minimum absolute atomic E-state index is 0.192. The van der Waals surface area contributed by atoms with Gasteiger partial charge in [0.05, 0.1) is 10.7 Å². The molecule has 0 fully saturated rings. The topological polar surface area (TPSA) is 55.6 Å². The van der Waals surface area contributed by atoms with Gasteiger partial charge in [-0.3, -0.25) is 9.20 Å². The lowest BCUT2D eigenvalue weighted by Gasteiger charge is -2.09. The van der Waals surface area contributed by atoms with Crippen LogP contribution in [0.15, 0.2) is 66.9 Å². The summed E-state index contributed by atoms with van der Waals surface area (Å²) in [6.45, 7) is 2.36. The molecule has 7 heteroatoms. The predicted molar refractivity (Wildman–Crippen MR) is 119 cm³/mol. The van der Waals surface area contributed by atoms with Crippen LogP contribution in [0.25, 0.3) is 5.65 Å². The first kappa shape index (κ1) is 20.3. The summed E-state index contributed by atoms with van der Waals surface area (Å²) in [6.07, 6.45) is 2.36. The highest BCUT2D eigenvalue weighted by molar-refractivity contribution is 6.30. The number of rotatable bonds is 6.